The predicted molar refractivity (Wildman–Crippen MR) is 75.5 cm³/mol. The van der Waals surface area contributed by atoms with Crippen LogP contribution in [0.2, 0.25) is 0 Å². The molecule has 0 aliphatic heterocycles. The molecule has 5 heteroatoms. The second-order valence-corrected chi connectivity index (χ2v) is 4.96. The van der Waals surface area contributed by atoms with Crippen LogP contribution in [0.3, 0.4) is 0 Å². The number of halogens is 1. The molecule has 0 spiro atoms. The number of carbonyl (C=O) groups is 1. The van der Waals surface area contributed by atoms with E-state index >= 15 is 0 Å². The number of amides is 1. The van der Waals surface area contributed by atoms with Crippen molar-refractivity contribution in [3.63, 3.8) is 0 Å². The summed E-state index contributed by atoms with van der Waals surface area (Å²) in [5.41, 5.74) is 2.35. The number of pyridine rings is 1. The maximum Gasteiger partial charge on any atom is 0.253 e. The van der Waals surface area contributed by atoms with Crippen molar-refractivity contribution in [1.29, 1.82) is 0 Å². The van der Waals surface area contributed by atoms with Gasteiger partial charge in [0.2, 0.25) is 0 Å². The summed E-state index contributed by atoms with van der Waals surface area (Å²) >= 11 is 3.28. The Morgan fingerprint density at radius 2 is 1.89 bits per heavy atom. The van der Waals surface area contributed by atoms with Gasteiger partial charge in [-0.15, -0.1) is 0 Å². The van der Waals surface area contributed by atoms with E-state index in [1.165, 1.54) is 6.20 Å². The van der Waals surface area contributed by atoms with E-state index in [1.807, 2.05) is 24.3 Å². The number of nitrogens with one attached hydrogen (secondary N) is 1. The molecule has 1 aromatic carbocycles. The van der Waals surface area contributed by atoms with Gasteiger partial charge in [0, 0.05) is 23.4 Å². The summed E-state index contributed by atoms with van der Waals surface area (Å²) in [4.78, 5) is 15.8. The van der Waals surface area contributed by atoms with Crippen molar-refractivity contribution in [2.24, 2.45) is 0 Å². The lowest BCUT2D eigenvalue weighted by atomic mass is 10.1. The fourth-order valence-corrected chi connectivity index (χ4v) is 1.95. The highest BCUT2D eigenvalue weighted by Gasteiger charge is 2.06. The molecule has 1 aromatic heterocycles. The van der Waals surface area contributed by atoms with Crippen LogP contribution in [0.1, 0.15) is 21.5 Å². The van der Waals surface area contributed by atoms with Crippen molar-refractivity contribution in [2.45, 2.75) is 13.2 Å². The summed E-state index contributed by atoms with van der Waals surface area (Å²) in [6, 6.07) is 9.15. The summed E-state index contributed by atoms with van der Waals surface area (Å²) in [7, 11) is 0. The monoisotopic (exact) mass is 320 g/mol. The number of rotatable bonds is 4. The van der Waals surface area contributed by atoms with Crippen molar-refractivity contribution in [1.82, 2.24) is 10.3 Å². The molecule has 0 atom stereocenters. The molecule has 0 bridgehead atoms. The predicted octanol–water partition coefficient (Wildman–Crippen LogP) is 2.27. The first-order valence-electron chi connectivity index (χ1n) is 5.76. The molecule has 1 heterocycles. The van der Waals surface area contributed by atoms with Gasteiger partial charge in [-0.3, -0.25) is 9.78 Å². The fraction of sp³-hybridized carbons (Fsp3) is 0.143. The van der Waals surface area contributed by atoms with Crippen LogP contribution in [-0.4, -0.2) is 16.0 Å². The molecule has 0 aliphatic rings. The van der Waals surface area contributed by atoms with Gasteiger partial charge in [-0.05, 0) is 33.1 Å². The van der Waals surface area contributed by atoms with Gasteiger partial charge in [0.1, 0.15) is 0 Å². The molecule has 1 amide bonds. The smallest absolute Gasteiger partial charge is 0.253 e. The van der Waals surface area contributed by atoms with E-state index in [0.29, 0.717) is 12.1 Å². The third-order valence-electron chi connectivity index (χ3n) is 2.63. The zero-order valence-corrected chi connectivity index (χ0v) is 11.7. The van der Waals surface area contributed by atoms with Crippen molar-refractivity contribution >= 4 is 21.8 Å². The number of aromatic nitrogens is 1. The van der Waals surface area contributed by atoms with Crippen LogP contribution in [0.5, 0.6) is 0 Å². The normalized spacial score (nSPS) is 10.2. The largest absolute Gasteiger partial charge is 0.392 e. The molecule has 2 N–H and O–H groups in total. The standard InChI is InChI=1S/C14H13BrN2O2/c15-13-5-12(7-16-8-13)14(19)17-6-10-1-3-11(9-18)4-2-10/h1-5,7-8,18H,6,9H2,(H,17,19). The topological polar surface area (TPSA) is 62.2 Å². The number of benzene rings is 1. The number of hydrogen-bond donors (Lipinski definition) is 2. The molecular weight excluding hydrogens is 308 g/mol. The Kier molecular flexibility index (Phi) is 4.65. The Hall–Kier alpha value is -1.72. The van der Waals surface area contributed by atoms with Crippen molar-refractivity contribution < 1.29 is 9.90 Å². The average Bonchev–Trinajstić information content (AvgIpc) is 2.45. The summed E-state index contributed by atoms with van der Waals surface area (Å²) in [6.45, 7) is 0.466. The van der Waals surface area contributed by atoms with Gasteiger partial charge in [0.15, 0.2) is 0 Å². The highest BCUT2D eigenvalue weighted by molar-refractivity contribution is 9.10. The van der Waals surface area contributed by atoms with Crippen molar-refractivity contribution in [3.05, 3.63) is 63.9 Å². The molecule has 0 aliphatic carbocycles. The number of carbonyl (C=O) groups excluding carboxylic acids is 1. The third-order valence-corrected chi connectivity index (χ3v) is 3.06. The third kappa shape index (κ3) is 3.87. The van der Waals surface area contributed by atoms with Gasteiger partial charge in [-0.2, -0.15) is 0 Å². The summed E-state index contributed by atoms with van der Waals surface area (Å²) in [5, 5.41) is 11.8. The van der Waals surface area contributed by atoms with Gasteiger partial charge in [0.05, 0.1) is 12.2 Å². The minimum absolute atomic E-state index is 0.0242. The van der Waals surface area contributed by atoms with Gasteiger partial charge in [0.25, 0.3) is 5.91 Å². The van der Waals surface area contributed by atoms with Crippen LogP contribution < -0.4 is 5.32 Å². The maximum absolute atomic E-state index is 11.9. The second kappa shape index (κ2) is 6.45. The summed E-state index contributed by atoms with van der Waals surface area (Å²) < 4.78 is 0.771. The Labute approximate surface area is 119 Å². The molecule has 0 saturated heterocycles. The number of aliphatic hydroxyl groups excluding tert-OH is 1. The highest BCUT2D eigenvalue weighted by Crippen LogP contribution is 2.10. The Bertz CT molecular complexity index is 570. The molecule has 19 heavy (non-hydrogen) atoms. The second-order valence-electron chi connectivity index (χ2n) is 4.05. The Balaban J connectivity index is 1.96. The minimum atomic E-state index is -0.167. The van der Waals surface area contributed by atoms with E-state index < -0.39 is 0 Å². The molecule has 0 fully saturated rings. The number of nitrogens with zero attached hydrogens (tertiary/aromatic N) is 1. The Morgan fingerprint density at radius 1 is 1.21 bits per heavy atom. The summed E-state index contributed by atoms with van der Waals surface area (Å²) in [5.74, 6) is -0.167. The van der Waals surface area contributed by atoms with E-state index in [-0.39, 0.29) is 12.5 Å². The molecule has 98 valence electrons. The zero-order chi connectivity index (χ0) is 13.7. The minimum Gasteiger partial charge on any atom is -0.392 e. The lowest BCUT2D eigenvalue weighted by Crippen LogP contribution is -2.22. The summed E-state index contributed by atoms with van der Waals surface area (Å²) in [6.07, 6.45) is 3.15. The van der Waals surface area contributed by atoms with Gasteiger partial charge < -0.3 is 10.4 Å². The fourth-order valence-electron chi connectivity index (χ4n) is 1.58. The van der Waals surface area contributed by atoms with E-state index in [9.17, 15) is 4.79 Å². The Morgan fingerprint density at radius 3 is 2.53 bits per heavy atom. The van der Waals surface area contributed by atoms with Crippen LogP contribution in [0, 0.1) is 0 Å². The first-order chi connectivity index (χ1) is 9.19. The molecular formula is C14H13BrN2O2. The van der Waals surface area contributed by atoms with Crippen LogP contribution in [-0.2, 0) is 13.2 Å². The SMILES string of the molecule is O=C(NCc1ccc(CO)cc1)c1cncc(Br)c1. The number of hydrogen-bond acceptors (Lipinski definition) is 3. The van der Waals surface area contributed by atoms with E-state index in [0.717, 1.165) is 15.6 Å². The number of aliphatic hydroxyl groups is 1. The van der Waals surface area contributed by atoms with Crippen molar-refractivity contribution in [2.75, 3.05) is 0 Å². The first-order valence-corrected chi connectivity index (χ1v) is 6.56. The lowest BCUT2D eigenvalue weighted by Gasteiger charge is -2.06. The van der Waals surface area contributed by atoms with Crippen LogP contribution in [0.25, 0.3) is 0 Å². The molecule has 2 aromatic rings. The zero-order valence-electron chi connectivity index (χ0n) is 10.1. The lowest BCUT2D eigenvalue weighted by molar-refractivity contribution is 0.0950. The molecule has 4 nitrogen and oxygen atoms in total. The molecule has 0 unspecified atom stereocenters. The van der Waals surface area contributed by atoms with Gasteiger partial charge >= 0.3 is 0 Å². The maximum atomic E-state index is 11.9. The average molecular weight is 321 g/mol. The van der Waals surface area contributed by atoms with Gasteiger partial charge in [-0.1, -0.05) is 24.3 Å². The van der Waals surface area contributed by atoms with Crippen LogP contribution in [0.4, 0.5) is 0 Å². The quantitative estimate of drug-likeness (QED) is 0.908. The molecule has 2 rings (SSSR count). The van der Waals surface area contributed by atoms with Crippen molar-refractivity contribution in [3.8, 4) is 0 Å². The van der Waals surface area contributed by atoms with E-state index in [1.54, 1.807) is 12.3 Å². The van der Waals surface area contributed by atoms with E-state index in [2.05, 4.69) is 26.2 Å². The molecule has 0 saturated carbocycles. The molecule has 0 radical (unpaired) electrons. The van der Waals surface area contributed by atoms with Crippen LogP contribution in [0.15, 0.2) is 47.2 Å². The van der Waals surface area contributed by atoms with Crippen LogP contribution >= 0.6 is 15.9 Å². The highest BCUT2D eigenvalue weighted by atomic mass is 79.9. The first kappa shape index (κ1) is 13.7. The van der Waals surface area contributed by atoms with E-state index in [4.69, 9.17) is 5.11 Å². The van der Waals surface area contributed by atoms with Gasteiger partial charge in [-0.25, -0.2) is 0 Å².